The number of benzene rings is 2. The molecule has 5 nitrogen and oxygen atoms in total. The van der Waals surface area contributed by atoms with Crippen molar-refractivity contribution in [2.75, 3.05) is 20.3 Å². The largest absolute Gasteiger partial charge is 0.497 e. The molecule has 0 aromatic heterocycles. The van der Waals surface area contributed by atoms with Crippen LogP contribution >= 0.6 is 0 Å². The number of aliphatic hydroxyl groups excluding tert-OH is 1. The maximum absolute atomic E-state index is 12.2. The molecule has 2 N–H and O–H groups in total. The number of carbonyl (C=O) groups is 1. The van der Waals surface area contributed by atoms with Crippen molar-refractivity contribution in [1.82, 2.24) is 5.32 Å². The molecule has 132 valence electrons. The fourth-order valence-corrected chi connectivity index (χ4v) is 3.06. The van der Waals surface area contributed by atoms with Gasteiger partial charge in [-0.05, 0) is 41.8 Å². The van der Waals surface area contributed by atoms with Gasteiger partial charge in [0.05, 0.1) is 20.3 Å². The number of carbonyl (C=O) groups excluding carboxylic acids is 1. The minimum absolute atomic E-state index is 0.0191. The maximum Gasteiger partial charge on any atom is 0.223 e. The second-order valence-electron chi connectivity index (χ2n) is 6.28. The molecule has 2 aromatic rings. The number of ether oxygens (including phenoxy) is 2. The molecule has 1 heterocycles. The quantitative estimate of drug-likeness (QED) is 0.810. The predicted octanol–water partition coefficient (Wildman–Crippen LogP) is 2.17. The Hall–Kier alpha value is -2.53. The zero-order valence-electron chi connectivity index (χ0n) is 14.3. The third-order valence-electron chi connectivity index (χ3n) is 4.63. The van der Waals surface area contributed by atoms with Gasteiger partial charge in [0.1, 0.15) is 11.5 Å². The van der Waals surface area contributed by atoms with E-state index in [0.29, 0.717) is 19.6 Å². The van der Waals surface area contributed by atoms with Crippen molar-refractivity contribution >= 4 is 5.91 Å². The molecule has 25 heavy (non-hydrogen) atoms. The fraction of sp³-hybridized carbons (Fsp3) is 0.350. The fourth-order valence-electron chi connectivity index (χ4n) is 3.06. The lowest BCUT2D eigenvalue weighted by molar-refractivity contribution is -0.123. The van der Waals surface area contributed by atoms with Crippen molar-refractivity contribution in [3.05, 3.63) is 59.7 Å². The van der Waals surface area contributed by atoms with E-state index >= 15 is 0 Å². The summed E-state index contributed by atoms with van der Waals surface area (Å²) in [4.78, 5) is 12.2. The molecule has 2 aromatic carbocycles. The molecule has 1 aliphatic heterocycles. The molecule has 2 atom stereocenters. The van der Waals surface area contributed by atoms with E-state index in [4.69, 9.17) is 14.6 Å². The molecular weight excluding hydrogens is 318 g/mol. The van der Waals surface area contributed by atoms with Crippen LogP contribution in [0.5, 0.6) is 11.5 Å². The zero-order chi connectivity index (χ0) is 17.6. The average molecular weight is 341 g/mol. The summed E-state index contributed by atoms with van der Waals surface area (Å²) in [6.07, 6.45) is 0.688. The van der Waals surface area contributed by atoms with E-state index in [1.807, 2.05) is 48.5 Å². The van der Waals surface area contributed by atoms with E-state index in [1.165, 1.54) is 0 Å². The van der Waals surface area contributed by atoms with Crippen molar-refractivity contribution in [3.63, 3.8) is 0 Å². The Morgan fingerprint density at radius 3 is 2.32 bits per heavy atom. The summed E-state index contributed by atoms with van der Waals surface area (Å²) in [5.41, 5.74) is 1.96. The second kappa shape index (κ2) is 8.03. The summed E-state index contributed by atoms with van der Waals surface area (Å²) >= 11 is 0. The van der Waals surface area contributed by atoms with E-state index in [0.717, 1.165) is 22.6 Å². The summed E-state index contributed by atoms with van der Waals surface area (Å²) in [6, 6.07) is 15.2. The number of hydrogen-bond donors (Lipinski definition) is 2. The first kappa shape index (κ1) is 17.3. The molecule has 0 unspecified atom stereocenters. The molecular formula is C20H23NO4. The Morgan fingerprint density at radius 2 is 1.68 bits per heavy atom. The lowest BCUT2D eigenvalue weighted by atomic mass is 9.89. The van der Waals surface area contributed by atoms with Gasteiger partial charge in [-0.25, -0.2) is 0 Å². The zero-order valence-corrected chi connectivity index (χ0v) is 14.3. The predicted molar refractivity (Wildman–Crippen MR) is 94.5 cm³/mol. The normalized spacial score (nSPS) is 19.5. The number of amides is 1. The van der Waals surface area contributed by atoms with Gasteiger partial charge in [-0.2, -0.15) is 0 Å². The Bertz CT molecular complexity index is 697. The van der Waals surface area contributed by atoms with Gasteiger partial charge in [-0.15, -0.1) is 0 Å². The van der Waals surface area contributed by atoms with Gasteiger partial charge >= 0.3 is 0 Å². The van der Waals surface area contributed by atoms with Crippen LogP contribution < -0.4 is 14.8 Å². The SMILES string of the molecule is COc1ccc(C[C@H]2C(=O)NC[C@@H]2COc2ccc(CO)cc2)cc1. The molecule has 0 radical (unpaired) electrons. The smallest absolute Gasteiger partial charge is 0.223 e. The number of hydrogen-bond acceptors (Lipinski definition) is 4. The van der Waals surface area contributed by atoms with Crippen LogP contribution in [0.15, 0.2) is 48.5 Å². The summed E-state index contributed by atoms with van der Waals surface area (Å²) < 4.78 is 11.0. The minimum atomic E-state index is -0.0925. The molecule has 5 heteroatoms. The highest BCUT2D eigenvalue weighted by molar-refractivity contribution is 5.81. The monoisotopic (exact) mass is 341 g/mol. The van der Waals surface area contributed by atoms with Crippen LogP contribution in [-0.4, -0.2) is 31.3 Å². The number of aliphatic hydroxyl groups is 1. The summed E-state index contributed by atoms with van der Waals surface area (Å²) in [5, 5.41) is 12.0. The lowest BCUT2D eigenvalue weighted by Crippen LogP contribution is -2.24. The highest BCUT2D eigenvalue weighted by Gasteiger charge is 2.35. The van der Waals surface area contributed by atoms with Crippen LogP contribution in [0.4, 0.5) is 0 Å². The minimum Gasteiger partial charge on any atom is -0.497 e. The maximum atomic E-state index is 12.2. The first-order valence-electron chi connectivity index (χ1n) is 8.43. The molecule has 0 spiro atoms. The highest BCUT2D eigenvalue weighted by atomic mass is 16.5. The average Bonchev–Trinajstić information content (AvgIpc) is 3.01. The van der Waals surface area contributed by atoms with Gasteiger partial charge < -0.3 is 19.9 Å². The summed E-state index contributed by atoms with van der Waals surface area (Å²) in [5.74, 6) is 1.68. The number of methoxy groups -OCH3 is 1. The highest BCUT2D eigenvalue weighted by Crippen LogP contribution is 2.25. The molecule has 0 saturated carbocycles. The van der Waals surface area contributed by atoms with Gasteiger partial charge in [-0.3, -0.25) is 4.79 Å². The van der Waals surface area contributed by atoms with Crippen molar-refractivity contribution in [2.45, 2.75) is 13.0 Å². The number of nitrogens with one attached hydrogen (secondary N) is 1. The van der Waals surface area contributed by atoms with Crippen LogP contribution in [0.3, 0.4) is 0 Å². The Morgan fingerprint density at radius 1 is 1.04 bits per heavy atom. The van der Waals surface area contributed by atoms with Crippen LogP contribution in [0.25, 0.3) is 0 Å². The number of rotatable bonds is 7. The lowest BCUT2D eigenvalue weighted by Gasteiger charge is -2.18. The topological polar surface area (TPSA) is 67.8 Å². The summed E-state index contributed by atoms with van der Waals surface area (Å²) in [7, 11) is 1.64. The molecule has 1 fully saturated rings. The molecule has 1 saturated heterocycles. The van der Waals surface area contributed by atoms with Crippen molar-refractivity contribution in [1.29, 1.82) is 0 Å². The van der Waals surface area contributed by atoms with Crippen molar-refractivity contribution < 1.29 is 19.4 Å². The molecule has 1 aliphatic rings. The van der Waals surface area contributed by atoms with Gasteiger partial charge in [0.2, 0.25) is 5.91 Å². The van der Waals surface area contributed by atoms with E-state index in [9.17, 15) is 4.79 Å². The third-order valence-corrected chi connectivity index (χ3v) is 4.63. The molecule has 0 bridgehead atoms. The third kappa shape index (κ3) is 4.31. The van der Waals surface area contributed by atoms with Crippen LogP contribution in [-0.2, 0) is 17.8 Å². The van der Waals surface area contributed by atoms with Gasteiger partial charge in [0.25, 0.3) is 0 Å². The Balaban J connectivity index is 1.60. The van der Waals surface area contributed by atoms with Crippen LogP contribution in [0, 0.1) is 11.8 Å². The van der Waals surface area contributed by atoms with E-state index in [-0.39, 0.29) is 24.3 Å². The van der Waals surface area contributed by atoms with E-state index < -0.39 is 0 Å². The molecule has 3 rings (SSSR count). The molecule has 1 amide bonds. The van der Waals surface area contributed by atoms with E-state index in [2.05, 4.69) is 5.32 Å². The Kier molecular flexibility index (Phi) is 5.56. The second-order valence-corrected chi connectivity index (χ2v) is 6.28. The van der Waals surface area contributed by atoms with Crippen LogP contribution in [0.2, 0.25) is 0 Å². The Labute approximate surface area is 147 Å². The first-order valence-corrected chi connectivity index (χ1v) is 8.43. The van der Waals surface area contributed by atoms with Gasteiger partial charge in [0.15, 0.2) is 0 Å². The van der Waals surface area contributed by atoms with Crippen molar-refractivity contribution in [2.24, 2.45) is 11.8 Å². The standard InChI is InChI=1S/C20H23NO4/c1-24-17-6-2-14(3-7-17)10-19-16(11-21-20(19)23)13-25-18-8-4-15(12-22)5-9-18/h2-9,16,19,22H,10-13H2,1H3,(H,21,23)/t16-,19-/m1/s1. The van der Waals surface area contributed by atoms with Gasteiger partial charge in [0, 0.05) is 18.4 Å². The molecule has 0 aliphatic carbocycles. The van der Waals surface area contributed by atoms with Crippen LogP contribution in [0.1, 0.15) is 11.1 Å². The van der Waals surface area contributed by atoms with E-state index in [1.54, 1.807) is 7.11 Å². The van der Waals surface area contributed by atoms with Crippen molar-refractivity contribution in [3.8, 4) is 11.5 Å². The summed E-state index contributed by atoms with van der Waals surface area (Å²) in [6.45, 7) is 1.14. The van der Waals surface area contributed by atoms with Gasteiger partial charge in [-0.1, -0.05) is 24.3 Å². The first-order chi connectivity index (χ1) is 12.2.